The van der Waals surface area contributed by atoms with Gasteiger partial charge in [0.05, 0.1) is 19.4 Å². The first kappa shape index (κ1) is 61.7. The molecule has 1 rings (SSSR count). The highest BCUT2D eigenvalue weighted by molar-refractivity contribution is 5.78. The number of unbranched alkanes of at least 4 members (excludes halogenated alkanes) is 26. The zero-order chi connectivity index (χ0) is 48.5. The summed E-state index contributed by atoms with van der Waals surface area (Å²) in [5.41, 5.74) is 0. The lowest BCUT2D eigenvalue weighted by atomic mass is 9.96. The maximum absolute atomic E-state index is 13.9. The Morgan fingerprint density at radius 2 is 0.894 bits per heavy atom. The molecule has 0 spiro atoms. The van der Waals surface area contributed by atoms with Crippen LogP contribution < -0.4 is 5.32 Å². The van der Waals surface area contributed by atoms with E-state index in [0.29, 0.717) is 19.3 Å². The fourth-order valence-corrected chi connectivity index (χ4v) is 8.86. The number of carbonyl (C=O) groups is 4. The molecule has 0 saturated carbocycles. The quantitative estimate of drug-likeness (QED) is 0.0302. The first-order valence-electron chi connectivity index (χ1n) is 27.6. The van der Waals surface area contributed by atoms with Crippen LogP contribution in [0.25, 0.3) is 0 Å². The van der Waals surface area contributed by atoms with Crippen molar-refractivity contribution in [1.82, 2.24) is 5.32 Å². The summed E-state index contributed by atoms with van der Waals surface area (Å²) < 4.78 is 29.7. The molecule has 1 fully saturated rings. The molecule has 388 valence electrons. The highest BCUT2D eigenvalue weighted by Gasteiger charge is 2.49. The van der Waals surface area contributed by atoms with E-state index in [1.165, 1.54) is 77.0 Å². The van der Waals surface area contributed by atoms with Crippen LogP contribution in [0.15, 0.2) is 0 Å². The molecule has 1 saturated heterocycles. The van der Waals surface area contributed by atoms with Crippen molar-refractivity contribution in [2.24, 2.45) is 0 Å². The second-order valence-electron chi connectivity index (χ2n) is 19.1. The van der Waals surface area contributed by atoms with Gasteiger partial charge in [-0.1, -0.05) is 195 Å². The van der Waals surface area contributed by atoms with Gasteiger partial charge in [0.1, 0.15) is 30.5 Å². The van der Waals surface area contributed by atoms with Gasteiger partial charge in [-0.3, -0.25) is 19.2 Å². The van der Waals surface area contributed by atoms with Crippen LogP contribution >= 0.6 is 0 Å². The van der Waals surface area contributed by atoms with Crippen LogP contribution in [0.4, 0.5) is 0 Å². The fourth-order valence-electron chi connectivity index (χ4n) is 8.86. The summed E-state index contributed by atoms with van der Waals surface area (Å²) in [6, 6.07) is -1.14. The number of ether oxygens (including phenoxy) is 5. The van der Waals surface area contributed by atoms with Crippen LogP contribution in [0, 0.1) is 0 Å². The minimum Gasteiger partial charge on any atom is -0.462 e. The second kappa shape index (κ2) is 42.8. The second-order valence-corrected chi connectivity index (χ2v) is 19.1. The Hall–Kier alpha value is -2.28. The van der Waals surface area contributed by atoms with Crippen molar-refractivity contribution >= 4 is 23.8 Å². The summed E-state index contributed by atoms with van der Waals surface area (Å²) in [5.74, 6) is -1.82. The standard InChI is InChI=1S/C54H101NO11/c1-6-11-15-19-23-25-27-29-33-37-44(63-48(58)39-35-31-21-17-13-8-3)41-47(57)55-51-53(52(61)46(43-56)65-54(51)62-10-5)66-50(60)42-45(38-34-30-28-26-24-20-16-12-7-2)64-49(59)40-36-32-22-18-14-9-4/h44-46,51-54,56,61H,6-43H2,1-5H3,(H,55,57)/t44-,45-,46?,51?,52?,53?,54?/m1/s1. The van der Waals surface area contributed by atoms with Gasteiger partial charge < -0.3 is 39.2 Å². The smallest absolute Gasteiger partial charge is 0.310 e. The summed E-state index contributed by atoms with van der Waals surface area (Å²) >= 11 is 0. The largest absolute Gasteiger partial charge is 0.462 e. The zero-order valence-electron chi connectivity index (χ0n) is 43.0. The third-order valence-electron chi connectivity index (χ3n) is 12.9. The van der Waals surface area contributed by atoms with Crippen molar-refractivity contribution in [3.05, 3.63) is 0 Å². The minimum atomic E-state index is -1.50. The number of aliphatic hydroxyl groups excluding tert-OH is 2. The predicted octanol–water partition coefficient (Wildman–Crippen LogP) is 12.4. The molecule has 0 aromatic heterocycles. The number of hydrogen-bond donors (Lipinski definition) is 3. The van der Waals surface area contributed by atoms with Gasteiger partial charge in [-0.2, -0.15) is 0 Å². The van der Waals surface area contributed by atoms with Gasteiger partial charge in [0, 0.05) is 19.4 Å². The van der Waals surface area contributed by atoms with Gasteiger partial charge in [0.2, 0.25) is 5.91 Å². The highest BCUT2D eigenvalue weighted by atomic mass is 16.7. The van der Waals surface area contributed by atoms with Crippen molar-refractivity contribution in [2.45, 2.75) is 309 Å². The van der Waals surface area contributed by atoms with Gasteiger partial charge >= 0.3 is 17.9 Å². The van der Waals surface area contributed by atoms with Crippen LogP contribution in [0.3, 0.4) is 0 Å². The van der Waals surface area contributed by atoms with E-state index in [2.05, 4.69) is 33.0 Å². The number of carbonyl (C=O) groups excluding carboxylic acids is 4. The average Bonchev–Trinajstić information content (AvgIpc) is 3.29. The molecule has 7 atom stereocenters. The SMILES string of the molecule is CCCCCCCCCCC[C@H](CC(=O)NC1C(OCC)OC(CO)C(O)C1OC(=O)C[C@@H](CCCCCCCCCCC)OC(=O)CCCCCCCC)OC(=O)CCCCCCCC. The van der Waals surface area contributed by atoms with Gasteiger partial charge in [-0.05, 0) is 45.4 Å². The Kier molecular flexibility index (Phi) is 40.0. The Balaban J connectivity index is 3.11. The lowest BCUT2D eigenvalue weighted by molar-refractivity contribution is -0.272. The van der Waals surface area contributed by atoms with Gasteiger partial charge in [-0.15, -0.1) is 0 Å². The molecule has 12 nitrogen and oxygen atoms in total. The summed E-state index contributed by atoms with van der Waals surface area (Å²) in [6.45, 7) is 10.1. The van der Waals surface area contributed by atoms with Crippen molar-refractivity contribution < 1.29 is 53.1 Å². The maximum atomic E-state index is 13.9. The average molecular weight is 940 g/mol. The fraction of sp³-hybridized carbons (Fsp3) is 0.926. The number of esters is 3. The summed E-state index contributed by atoms with van der Waals surface area (Å²) in [6.07, 6.45) is 27.7. The first-order valence-corrected chi connectivity index (χ1v) is 27.6. The van der Waals surface area contributed by atoms with Gasteiger partial charge in [0.25, 0.3) is 0 Å². The van der Waals surface area contributed by atoms with E-state index in [9.17, 15) is 29.4 Å². The monoisotopic (exact) mass is 940 g/mol. The number of aliphatic hydroxyl groups is 2. The summed E-state index contributed by atoms with van der Waals surface area (Å²) in [4.78, 5) is 53.9. The van der Waals surface area contributed by atoms with Gasteiger partial charge in [0.15, 0.2) is 12.4 Å². The lowest BCUT2D eigenvalue weighted by Crippen LogP contribution is -2.66. The molecule has 1 heterocycles. The molecule has 3 N–H and O–H groups in total. The van der Waals surface area contributed by atoms with Crippen molar-refractivity contribution in [3.63, 3.8) is 0 Å². The maximum Gasteiger partial charge on any atom is 0.310 e. The number of hydrogen-bond acceptors (Lipinski definition) is 11. The lowest BCUT2D eigenvalue weighted by Gasteiger charge is -2.43. The van der Waals surface area contributed by atoms with Crippen LogP contribution in [0.1, 0.15) is 266 Å². The van der Waals surface area contributed by atoms with E-state index >= 15 is 0 Å². The normalized spacial score (nSPS) is 19.3. The van der Waals surface area contributed by atoms with E-state index in [4.69, 9.17) is 23.7 Å². The van der Waals surface area contributed by atoms with E-state index < -0.39 is 61.3 Å². The minimum absolute atomic E-state index is 0.121. The van der Waals surface area contributed by atoms with Crippen LogP contribution in [-0.4, -0.2) is 90.1 Å². The van der Waals surface area contributed by atoms with E-state index in [1.54, 1.807) is 6.92 Å². The molecule has 1 aliphatic heterocycles. The highest BCUT2D eigenvalue weighted by Crippen LogP contribution is 2.27. The molecule has 0 aliphatic carbocycles. The molecule has 12 heteroatoms. The molecule has 5 unspecified atom stereocenters. The number of nitrogens with one attached hydrogen (secondary N) is 1. The molecule has 1 aliphatic rings. The van der Waals surface area contributed by atoms with E-state index in [-0.39, 0.29) is 37.8 Å². The zero-order valence-corrected chi connectivity index (χ0v) is 43.0. The van der Waals surface area contributed by atoms with E-state index in [0.717, 1.165) is 116 Å². The van der Waals surface area contributed by atoms with Gasteiger partial charge in [-0.25, -0.2) is 0 Å². The first-order chi connectivity index (χ1) is 32.1. The molecule has 1 amide bonds. The molecule has 0 radical (unpaired) electrons. The Labute approximate surface area is 402 Å². The third-order valence-corrected chi connectivity index (χ3v) is 12.9. The molecule has 0 bridgehead atoms. The molecular weight excluding hydrogens is 839 g/mol. The van der Waals surface area contributed by atoms with Crippen LogP contribution in [0.5, 0.6) is 0 Å². The molecule has 66 heavy (non-hydrogen) atoms. The third kappa shape index (κ3) is 31.7. The summed E-state index contributed by atoms with van der Waals surface area (Å²) in [5, 5.41) is 24.6. The predicted molar refractivity (Wildman–Crippen MR) is 264 cm³/mol. The van der Waals surface area contributed by atoms with Crippen molar-refractivity contribution in [2.75, 3.05) is 13.2 Å². The van der Waals surface area contributed by atoms with Crippen molar-refractivity contribution in [3.8, 4) is 0 Å². The van der Waals surface area contributed by atoms with E-state index in [1.807, 2.05) is 0 Å². The molecular formula is C54H101NO11. The molecule has 0 aromatic rings. The van der Waals surface area contributed by atoms with Crippen molar-refractivity contribution in [1.29, 1.82) is 0 Å². The Morgan fingerprint density at radius 1 is 0.515 bits per heavy atom. The Morgan fingerprint density at radius 3 is 1.29 bits per heavy atom. The van der Waals surface area contributed by atoms with Crippen LogP contribution in [-0.2, 0) is 42.9 Å². The topological polar surface area (TPSA) is 167 Å². The Bertz CT molecular complexity index is 1110. The number of amides is 1. The van der Waals surface area contributed by atoms with Crippen LogP contribution in [0.2, 0.25) is 0 Å². The summed E-state index contributed by atoms with van der Waals surface area (Å²) in [7, 11) is 0. The molecule has 0 aromatic carbocycles. The number of rotatable bonds is 45.